The van der Waals surface area contributed by atoms with Gasteiger partial charge in [0.15, 0.2) is 19.9 Å². The lowest BCUT2D eigenvalue weighted by molar-refractivity contribution is -0.183. The van der Waals surface area contributed by atoms with Crippen molar-refractivity contribution in [2.24, 2.45) is 0 Å². The normalized spacial score (nSPS) is 22.5. The lowest BCUT2D eigenvalue weighted by Gasteiger charge is -2.46. The Labute approximate surface area is 195 Å². The van der Waals surface area contributed by atoms with Crippen LogP contribution in [0, 0.1) is 0 Å². The van der Waals surface area contributed by atoms with Gasteiger partial charge in [-0.05, 0) is 25.2 Å². The number of carbonyl (C=O) groups is 2. The molecule has 0 unspecified atom stereocenters. The number of ketones is 2. The molecule has 0 N–H and O–H groups in total. The number of benzene rings is 3. The number of rotatable bonds is 4. The summed E-state index contributed by atoms with van der Waals surface area (Å²) in [5.41, 5.74) is 3.05. The third kappa shape index (κ3) is 3.77. The van der Waals surface area contributed by atoms with Gasteiger partial charge in [-0.15, -0.1) is 0 Å². The molecule has 0 saturated carbocycles. The van der Waals surface area contributed by atoms with Crippen molar-refractivity contribution in [1.82, 2.24) is 0 Å². The summed E-state index contributed by atoms with van der Waals surface area (Å²) in [6.07, 6.45) is 0.408. The molecule has 1 heterocycles. The highest BCUT2D eigenvalue weighted by Gasteiger charge is 2.52. The van der Waals surface area contributed by atoms with Gasteiger partial charge in [0.05, 0.1) is 5.57 Å². The van der Waals surface area contributed by atoms with E-state index in [1.807, 2.05) is 60.7 Å². The van der Waals surface area contributed by atoms with Gasteiger partial charge in [0.1, 0.15) is 0 Å². The Morgan fingerprint density at radius 2 is 1.33 bits per heavy atom. The number of hydrogen-bond acceptors (Lipinski definition) is 4. The average Bonchev–Trinajstić information content (AvgIpc) is 2.82. The number of carbonyl (C=O) groups excluding carboxylic acids is 2. The van der Waals surface area contributed by atoms with Crippen molar-refractivity contribution in [3.63, 3.8) is 0 Å². The molecule has 3 aromatic rings. The maximum Gasteiger partial charge on any atom is 0.229 e. The number of allylic oxidation sites excluding steroid dienone is 2. The van der Waals surface area contributed by atoms with Crippen molar-refractivity contribution < 1.29 is 18.8 Å². The SMILES string of the molecule is C[Si](C)(C)O[C@]1(c2ccccc2)C[C@@H](c2ccccc2)C2=C(O1)C(=O)c1ccccc1C2=O. The van der Waals surface area contributed by atoms with E-state index in [4.69, 9.17) is 9.16 Å². The first kappa shape index (κ1) is 21.6. The summed E-state index contributed by atoms with van der Waals surface area (Å²) in [7, 11) is -2.14. The second-order valence-electron chi connectivity index (χ2n) is 9.55. The van der Waals surface area contributed by atoms with Crippen LogP contribution < -0.4 is 0 Å². The van der Waals surface area contributed by atoms with Crippen molar-refractivity contribution in [3.05, 3.63) is 119 Å². The number of hydrogen-bond donors (Lipinski definition) is 0. The summed E-state index contributed by atoms with van der Waals surface area (Å²) in [6.45, 7) is 6.31. The zero-order valence-electron chi connectivity index (χ0n) is 19.0. The third-order valence-electron chi connectivity index (χ3n) is 6.09. The maximum atomic E-state index is 13.7. The van der Waals surface area contributed by atoms with E-state index >= 15 is 0 Å². The molecule has 2 atom stereocenters. The predicted molar refractivity (Wildman–Crippen MR) is 130 cm³/mol. The smallest absolute Gasteiger partial charge is 0.229 e. The quantitative estimate of drug-likeness (QED) is 0.439. The maximum absolute atomic E-state index is 13.7. The van der Waals surface area contributed by atoms with Crippen LogP contribution in [0.4, 0.5) is 0 Å². The monoisotopic (exact) mass is 454 g/mol. The fourth-order valence-corrected chi connectivity index (χ4v) is 6.05. The molecule has 0 spiro atoms. The minimum Gasteiger partial charge on any atom is -0.454 e. The Hall–Kier alpha value is -3.28. The highest BCUT2D eigenvalue weighted by atomic mass is 28.4. The van der Waals surface area contributed by atoms with E-state index in [9.17, 15) is 9.59 Å². The molecule has 0 saturated heterocycles. The van der Waals surface area contributed by atoms with E-state index in [0.717, 1.165) is 11.1 Å². The molecule has 1 aliphatic heterocycles. The van der Waals surface area contributed by atoms with Crippen LogP contribution in [0.2, 0.25) is 19.6 Å². The van der Waals surface area contributed by atoms with Crippen LogP contribution >= 0.6 is 0 Å². The van der Waals surface area contributed by atoms with Crippen LogP contribution in [0.5, 0.6) is 0 Å². The van der Waals surface area contributed by atoms with Gasteiger partial charge in [0, 0.05) is 29.0 Å². The summed E-state index contributed by atoms with van der Waals surface area (Å²) in [5, 5.41) is 0. The fourth-order valence-electron chi connectivity index (χ4n) is 4.82. The van der Waals surface area contributed by atoms with Crippen molar-refractivity contribution in [2.45, 2.75) is 37.8 Å². The van der Waals surface area contributed by atoms with Crippen LogP contribution in [-0.2, 0) is 14.9 Å². The highest BCUT2D eigenvalue weighted by molar-refractivity contribution is 6.69. The van der Waals surface area contributed by atoms with Crippen LogP contribution in [0.25, 0.3) is 0 Å². The highest BCUT2D eigenvalue weighted by Crippen LogP contribution is 2.51. The van der Waals surface area contributed by atoms with Crippen LogP contribution in [0.1, 0.15) is 44.2 Å². The second-order valence-corrected chi connectivity index (χ2v) is 14.0. The summed E-state index contributed by atoms with van der Waals surface area (Å²) < 4.78 is 13.3. The van der Waals surface area contributed by atoms with E-state index in [1.54, 1.807) is 24.3 Å². The summed E-state index contributed by atoms with van der Waals surface area (Å²) in [5.74, 6) is -1.80. The summed E-state index contributed by atoms with van der Waals surface area (Å²) >= 11 is 0. The van der Waals surface area contributed by atoms with Crippen molar-refractivity contribution >= 4 is 19.9 Å². The molecule has 0 aromatic heterocycles. The van der Waals surface area contributed by atoms with Crippen molar-refractivity contribution in [3.8, 4) is 0 Å². The van der Waals surface area contributed by atoms with E-state index in [-0.39, 0.29) is 23.2 Å². The first-order valence-electron chi connectivity index (χ1n) is 11.2. The standard InChI is InChI=1S/C28H26O4Si/c1-33(2,3)32-28(20-14-8-5-9-15-20)18-23(19-12-6-4-7-13-19)24-25(29)21-16-10-11-17-22(21)26(30)27(24)31-28/h4-17,23H,18H2,1-3H3/t23-,28-/m0/s1. The lowest BCUT2D eigenvalue weighted by Crippen LogP contribution is -2.48. The van der Waals surface area contributed by atoms with Crippen LogP contribution in [0.3, 0.4) is 0 Å². The number of Topliss-reactive ketones (excluding diaryl/α,β-unsaturated/α-hetero) is 2. The Balaban J connectivity index is 1.76. The molecule has 0 amide bonds. The van der Waals surface area contributed by atoms with Gasteiger partial charge in [-0.2, -0.15) is 0 Å². The second kappa shape index (κ2) is 7.94. The molecular weight excluding hydrogens is 428 g/mol. The van der Waals surface area contributed by atoms with Gasteiger partial charge in [-0.3, -0.25) is 9.59 Å². The summed E-state index contributed by atoms with van der Waals surface area (Å²) in [6, 6.07) is 26.6. The average molecular weight is 455 g/mol. The molecule has 0 bridgehead atoms. The van der Waals surface area contributed by atoms with Crippen molar-refractivity contribution in [2.75, 3.05) is 0 Å². The van der Waals surface area contributed by atoms with E-state index in [1.165, 1.54) is 0 Å². The Morgan fingerprint density at radius 1 is 0.788 bits per heavy atom. The molecule has 4 nitrogen and oxygen atoms in total. The number of ether oxygens (including phenoxy) is 1. The van der Waals surface area contributed by atoms with Gasteiger partial charge in [-0.25, -0.2) is 0 Å². The Bertz CT molecular complexity index is 1260. The summed E-state index contributed by atoms with van der Waals surface area (Å²) in [4.78, 5) is 27.4. The Kier molecular flexibility index (Phi) is 5.19. The first-order chi connectivity index (χ1) is 15.8. The largest absolute Gasteiger partial charge is 0.454 e. The Morgan fingerprint density at radius 3 is 1.94 bits per heavy atom. The van der Waals surface area contributed by atoms with E-state index in [2.05, 4.69) is 19.6 Å². The third-order valence-corrected chi connectivity index (χ3v) is 7.03. The number of fused-ring (bicyclic) bond motifs is 1. The van der Waals surface area contributed by atoms with Crippen LogP contribution in [0.15, 0.2) is 96.3 Å². The molecule has 1 aliphatic carbocycles. The van der Waals surface area contributed by atoms with Gasteiger partial charge in [0.25, 0.3) is 0 Å². The van der Waals surface area contributed by atoms with E-state index in [0.29, 0.717) is 23.1 Å². The zero-order valence-corrected chi connectivity index (χ0v) is 20.0. The van der Waals surface area contributed by atoms with Crippen LogP contribution in [-0.4, -0.2) is 19.9 Å². The van der Waals surface area contributed by atoms with Crippen molar-refractivity contribution in [1.29, 1.82) is 0 Å². The fraction of sp³-hybridized carbons (Fsp3) is 0.214. The van der Waals surface area contributed by atoms with Gasteiger partial charge >= 0.3 is 0 Å². The zero-order chi connectivity index (χ0) is 23.2. The topological polar surface area (TPSA) is 52.6 Å². The predicted octanol–water partition coefficient (Wildman–Crippen LogP) is 6.23. The molecule has 33 heavy (non-hydrogen) atoms. The first-order valence-corrected chi connectivity index (χ1v) is 14.6. The minimum absolute atomic E-state index is 0.112. The molecule has 0 fully saturated rings. The molecule has 5 rings (SSSR count). The van der Waals surface area contributed by atoms with E-state index < -0.39 is 14.1 Å². The van der Waals surface area contributed by atoms with Gasteiger partial charge in [0.2, 0.25) is 11.6 Å². The van der Waals surface area contributed by atoms with Gasteiger partial charge < -0.3 is 9.16 Å². The minimum atomic E-state index is -2.14. The molecule has 2 aliphatic rings. The lowest BCUT2D eigenvalue weighted by atomic mass is 9.74. The molecule has 166 valence electrons. The molecular formula is C28H26O4Si. The molecule has 5 heteroatoms. The van der Waals surface area contributed by atoms with Gasteiger partial charge in [-0.1, -0.05) is 84.9 Å². The molecule has 3 aromatic carbocycles. The molecule has 0 radical (unpaired) electrons.